The molecule has 0 unspecified atom stereocenters. The van der Waals surface area contributed by atoms with Crippen molar-refractivity contribution in [1.29, 1.82) is 0 Å². The van der Waals surface area contributed by atoms with Crippen molar-refractivity contribution in [3.8, 4) is 17.2 Å². The summed E-state index contributed by atoms with van der Waals surface area (Å²) in [6.45, 7) is 1.56. The molecule has 0 aliphatic heterocycles. The van der Waals surface area contributed by atoms with Gasteiger partial charge in [0.2, 0.25) is 5.43 Å². The van der Waals surface area contributed by atoms with E-state index in [1.54, 1.807) is 6.92 Å². The Morgan fingerprint density at radius 2 is 1.82 bits per heavy atom. The number of methoxy groups -OCH3 is 1. The normalized spacial score (nSPS) is 11.3. The second-order valence-electron chi connectivity index (χ2n) is 4.76. The van der Waals surface area contributed by atoms with Crippen LogP contribution in [-0.2, 0) is 0 Å². The van der Waals surface area contributed by atoms with Crippen LogP contribution >= 0.6 is 23.2 Å². The molecule has 1 heterocycles. The van der Waals surface area contributed by atoms with Gasteiger partial charge in [0, 0.05) is 12.1 Å². The molecule has 114 valence electrons. The highest BCUT2D eigenvalue weighted by atomic mass is 35.5. The monoisotopic (exact) mass is 340 g/mol. The first-order valence-corrected chi connectivity index (χ1v) is 6.96. The van der Waals surface area contributed by atoms with Crippen molar-refractivity contribution < 1.29 is 19.4 Å². The molecule has 1 aromatic heterocycles. The van der Waals surface area contributed by atoms with Crippen molar-refractivity contribution in [2.75, 3.05) is 7.11 Å². The molecule has 2 N–H and O–H groups in total. The summed E-state index contributed by atoms with van der Waals surface area (Å²) in [5.41, 5.74) is -0.0641. The molecule has 3 aromatic rings. The van der Waals surface area contributed by atoms with Gasteiger partial charge in [-0.25, -0.2) is 0 Å². The van der Waals surface area contributed by atoms with Gasteiger partial charge in [-0.15, -0.1) is 0 Å². The lowest BCUT2D eigenvalue weighted by Crippen LogP contribution is -2.05. The summed E-state index contributed by atoms with van der Waals surface area (Å²) < 4.78 is 10.6. The third kappa shape index (κ3) is 1.90. The van der Waals surface area contributed by atoms with Gasteiger partial charge in [-0.3, -0.25) is 4.79 Å². The van der Waals surface area contributed by atoms with E-state index in [4.69, 9.17) is 32.4 Å². The molecule has 0 atom stereocenters. The van der Waals surface area contributed by atoms with Gasteiger partial charge in [-0.05, 0) is 12.5 Å². The molecule has 0 saturated heterocycles. The maximum atomic E-state index is 12.7. The predicted octanol–water partition coefficient (Wildman–Crippen LogP) is 3.98. The zero-order valence-electron chi connectivity index (χ0n) is 11.5. The van der Waals surface area contributed by atoms with Crippen molar-refractivity contribution in [3.05, 3.63) is 38.0 Å². The van der Waals surface area contributed by atoms with Crippen molar-refractivity contribution in [1.82, 2.24) is 0 Å². The molecule has 0 radical (unpaired) electrons. The Bertz CT molecular complexity index is 991. The van der Waals surface area contributed by atoms with E-state index < -0.39 is 5.43 Å². The van der Waals surface area contributed by atoms with E-state index in [0.29, 0.717) is 11.3 Å². The molecule has 0 fully saturated rings. The number of hydrogen-bond acceptors (Lipinski definition) is 5. The fourth-order valence-electron chi connectivity index (χ4n) is 2.38. The Hall–Kier alpha value is -2.11. The van der Waals surface area contributed by atoms with E-state index in [2.05, 4.69) is 0 Å². The van der Waals surface area contributed by atoms with Crippen molar-refractivity contribution in [2.24, 2.45) is 0 Å². The highest BCUT2D eigenvalue weighted by Crippen LogP contribution is 2.42. The molecule has 0 amide bonds. The van der Waals surface area contributed by atoms with Crippen molar-refractivity contribution >= 4 is 45.1 Å². The summed E-state index contributed by atoms with van der Waals surface area (Å²) in [5, 5.41) is 19.9. The van der Waals surface area contributed by atoms with Crippen LogP contribution in [0.5, 0.6) is 17.2 Å². The number of benzene rings is 2. The fourth-order valence-corrected chi connectivity index (χ4v) is 2.84. The zero-order valence-corrected chi connectivity index (χ0v) is 13.0. The molecule has 5 nitrogen and oxygen atoms in total. The molecule has 0 saturated carbocycles. The van der Waals surface area contributed by atoms with Gasteiger partial charge in [0.15, 0.2) is 11.3 Å². The van der Waals surface area contributed by atoms with Crippen LogP contribution < -0.4 is 10.2 Å². The number of fused-ring (bicyclic) bond motifs is 2. The van der Waals surface area contributed by atoms with E-state index in [-0.39, 0.29) is 43.5 Å². The number of rotatable bonds is 1. The van der Waals surface area contributed by atoms with Crippen LogP contribution in [0.4, 0.5) is 0 Å². The smallest absolute Gasteiger partial charge is 0.204 e. The zero-order chi connectivity index (χ0) is 16.2. The highest BCUT2D eigenvalue weighted by Gasteiger charge is 2.22. The first-order valence-electron chi connectivity index (χ1n) is 6.20. The average molecular weight is 341 g/mol. The van der Waals surface area contributed by atoms with Crippen LogP contribution in [0.15, 0.2) is 21.3 Å². The molecule has 3 rings (SSSR count). The van der Waals surface area contributed by atoms with Gasteiger partial charge >= 0.3 is 0 Å². The first-order chi connectivity index (χ1) is 10.4. The third-order valence-electron chi connectivity index (χ3n) is 3.50. The second kappa shape index (κ2) is 4.97. The Balaban J connectivity index is 2.65. The minimum absolute atomic E-state index is 0.00535. The van der Waals surface area contributed by atoms with Crippen molar-refractivity contribution in [2.45, 2.75) is 6.92 Å². The lowest BCUT2D eigenvalue weighted by molar-refractivity contribution is 0.408. The number of halogens is 2. The largest absolute Gasteiger partial charge is 0.507 e. The second-order valence-corrected chi connectivity index (χ2v) is 5.51. The third-order valence-corrected chi connectivity index (χ3v) is 4.32. The van der Waals surface area contributed by atoms with Gasteiger partial charge in [0.1, 0.15) is 27.5 Å². The lowest BCUT2D eigenvalue weighted by Gasteiger charge is -2.11. The van der Waals surface area contributed by atoms with Gasteiger partial charge in [-0.1, -0.05) is 23.2 Å². The summed E-state index contributed by atoms with van der Waals surface area (Å²) in [6, 6.07) is 2.76. The van der Waals surface area contributed by atoms with Gasteiger partial charge in [0.25, 0.3) is 0 Å². The first kappa shape index (κ1) is 14.8. The number of phenols is 2. The molecule has 0 bridgehead atoms. The molecular weight excluding hydrogens is 331 g/mol. The number of phenolic OH excluding ortho intramolecular Hbond substituents is 2. The summed E-state index contributed by atoms with van der Waals surface area (Å²) in [5.74, 6) is -0.314. The number of aromatic hydroxyl groups is 2. The lowest BCUT2D eigenvalue weighted by atomic mass is 10.1. The van der Waals surface area contributed by atoms with E-state index in [9.17, 15) is 15.0 Å². The molecular formula is C15H10Cl2O5. The summed E-state index contributed by atoms with van der Waals surface area (Å²) >= 11 is 12.0. The van der Waals surface area contributed by atoms with E-state index in [1.807, 2.05) is 0 Å². The van der Waals surface area contributed by atoms with Gasteiger partial charge < -0.3 is 19.4 Å². The molecule has 7 heteroatoms. The maximum Gasteiger partial charge on any atom is 0.204 e. The van der Waals surface area contributed by atoms with E-state index >= 15 is 0 Å². The average Bonchev–Trinajstić information content (AvgIpc) is 2.49. The van der Waals surface area contributed by atoms with Gasteiger partial charge in [0.05, 0.1) is 17.5 Å². The highest BCUT2D eigenvalue weighted by molar-refractivity contribution is 6.41. The topological polar surface area (TPSA) is 79.9 Å². The predicted molar refractivity (Wildman–Crippen MR) is 84.6 cm³/mol. The van der Waals surface area contributed by atoms with Crippen LogP contribution in [0.2, 0.25) is 10.0 Å². The Morgan fingerprint density at radius 3 is 2.45 bits per heavy atom. The Labute approximate surface area is 134 Å². The maximum absolute atomic E-state index is 12.7. The minimum Gasteiger partial charge on any atom is -0.507 e. The molecule has 0 spiro atoms. The Morgan fingerprint density at radius 1 is 1.14 bits per heavy atom. The van der Waals surface area contributed by atoms with Crippen molar-refractivity contribution in [3.63, 3.8) is 0 Å². The minimum atomic E-state index is -0.488. The fraction of sp³-hybridized carbons (Fsp3) is 0.133. The van der Waals surface area contributed by atoms with Crippen LogP contribution in [0.25, 0.3) is 21.9 Å². The van der Waals surface area contributed by atoms with Crippen LogP contribution in [0, 0.1) is 6.92 Å². The summed E-state index contributed by atoms with van der Waals surface area (Å²) in [7, 11) is 1.42. The number of hydrogen-bond donors (Lipinski definition) is 2. The molecule has 22 heavy (non-hydrogen) atoms. The molecule has 0 aliphatic carbocycles. The van der Waals surface area contributed by atoms with E-state index in [0.717, 1.165) is 0 Å². The number of ether oxygens (including phenoxy) is 1. The van der Waals surface area contributed by atoms with Crippen LogP contribution in [0.3, 0.4) is 0 Å². The summed E-state index contributed by atoms with van der Waals surface area (Å²) in [4.78, 5) is 12.7. The summed E-state index contributed by atoms with van der Waals surface area (Å²) in [6.07, 6.45) is 0. The molecule has 0 aliphatic rings. The quantitative estimate of drug-likeness (QED) is 0.655. The Kier molecular flexibility index (Phi) is 3.34. The van der Waals surface area contributed by atoms with E-state index in [1.165, 1.54) is 19.2 Å². The number of aryl methyl sites for hydroxylation is 1. The molecule has 2 aromatic carbocycles. The van der Waals surface area contributed by atoms with Crippen LogP contribution in [0.1, 0.15) is 5.56 Å². The SMILES string of the molecule is COc1cc(O)c2c(=O)c3c(C)c(Cl)c(O)c(Cl)c3oc2c1. The van der Waals surface area contributed by atoms with Gasteiger partial charge in [-0.2, -0.15) is 0 Å². The standard InChI is InChI=1S/C15H10Cl2O5/c1-5-9-13(19)10-7(18)3-6(21-2)4-8(10)22-15(9)12(17)14(20)11(5)16/h3-4,18,20H,1-2H3. The van der Waals surface area contributed by atoms with Crippen LogP contribution in [-0.4, -0.2) is 17.3 Å².